The van der Waals surface area contributed by atoms with Gasteiger partial charge in [-0.2, -0.15) is 0 Å². The minimum Gasteiger partial charge on any atom is -0.478 e. The molecule has 0 bridgehead atoms. The van der Waals surface area contributed by atoms with E-state index in [0.29, 0.717) is 5.13 Å². The lowest BCUT2D eigenvalue weighted by Gasteiger charge is -2.09. The highest BCUT2D eigenvalue weighted by atomic mass is 35.5. The lowest BCUT2D eigenvalue weighted by Crippen LogP contribution is -2.21. The van der Waals surface area contributed by atoms with Gasteiger partial charge in [0.05, 0.1) is 10.7 Å². The molecular formula is C10H7ClN4O3S. The van der Waals surface area contributed by atoms with Gasteiger partial charge in [-0.1, -0.05) is 29.0 Å². The molecule has 1 aromatic heterocycles. The van der Waals surface area contributed by atoms with Crippen LogP contribution < -0.4 is 10.6 Å². The topological polar surface area (TPSA) is 104 Å². The van der Waals surface area contributed by atoms with Crippen molar-refractivity contribution < 1.29 is 14.7 Å². The molecule has 3 N–H and O–H groups in total. The van der Waals surface area contributed by atoms with Crippen LogP contribution in [0.25, 0.3) is 0 Å². The number of aromatic nitrogens is 2. The van der Waals surface area contributed by atoms with Crippen molar-refractivity contribution in [2.45, 2.75) is 0 Å². The molecule has 2 aromatic rings. The number of benzene rings is 1. The van der Waals surface area contributed by atoms with E-state index < -0.39 is 12.0 Å². The lowest BCUT2D eigenvalue weighted by atomic mass is 10.2. The smallest absolute Gasteiger partial charge is 0.339 e. The molecule has 9 heteroatoms. The third-order valence-electron chi connectivity index (χ3n) is 2.06. The third-order valence-corrected chi connectivity index (χ3v) is 2.98. The van der Waals surface area contributed by atoms with Gasteiger partial charge in [-0.3, -0.25) is 5.32 Å². The highest BCUT2D eigenvalue weighted by Crippen LogP contribution is 2.24. The molecule has 0 atom stereocenters. The number of anilines is 2. The maximum absolute atomic E-state index is 11.6. The van der Waals surface area contributed by atoms with E-state index in [9.17, 15) is 9.59 Å². The number of nitrogens with one attached hydrogen (secondary N) is 2. The van der Waals surface area contributed by atoms with Crippen LogP contribution in [-0.2, 0) is 0 Å². The van der Waals surface area contributed by atoms with Crippen LogP contribution in [0.15, 0.2) is 23.7 Å². The summed E-state index contributed by atoms with van der Waals surface area (Å²) in [4.78, 5) is 22.7. The Hall–Kier alpha value is -2.19. The fourth-order valence-corrected chi connectivity index (χ4v) is 2.02. The summed E-state index contributed by atoms with van der Waals surface area (Å²) < 4.78 is 0. The summed E-state index contributed by atoms with van der Waals surface area (Å²) >= 11 is 6.92. The second kappa shape index (κ2) is 5.63. The van der Waals surface area contributed by atoms with Gasteiger partial charge >= 0.3 is 12.0 Å². The molecule has 1 heterocycles. The fourth-order valence-electron chi connectivity index (χ4n) is 1.32. The molecule has 0 aliphatic rings. The van der Waals surface area contributed by atoms with E-state index in [1.807, 2.05) is 0 Å². The normalized spacial score (nSPS) is 9.95. The number of carbonyl (C=O) groups is 2. The number of carboxylic acid groups (broad SMARTS) is 1. The van der Waals surface area contributed by atoms with Gasteiger partial charge in [0.2, 0.25) is 5.13 Å². The molecule has 2 amide bonds. The van der Waals surface area contributed by atoms with E-state index >= 15 is 0 Å². The standard InChI is InChI=1S/C10H7ClN4O3S/c11-5-2-1-3-6(7(5)8(16)17)13-9(18)14-10-15-12-4-19-10/h1-4H,(H,16,17)(H2,13,14,15,18). The minimum atomic E-state index is -1.23. The number of nitrogens with zero attached hydrogens (tertiary/aromatic N) is 2. The summed E-state index contributed by atoms with van der Waals surface area (Å²) in [5.41, 5.74) is 1.39. The number of aromatic carboxylic acids is 1. The number of carboxylic acids is 1. The predicted molar refractivity (Wildman–Crippen MR) is 71.0 cm³/mol. The van der Waals surface area contributed by atoms with Crippen LogP contribution in [0.1, 0.15) is 10.4 Å². The zero-order valence-corrected chi connectivity index (χ0v) is 10.8. The Morgan fingerprint density at radius 2 is 2.11 bits per heavy atom. The van der Waals surface area contributed by atoms with Gasteiger partial charge in [0.25, 0.3) is 0 Å². The molecule has 7 nitrogen and oxygen atoms in total. The quantitative estimate of drug-likeness (QED) is 0.807. The van der Waals surface area contributed by atoms with E-state index in [0.717, 1.165) is 11.3 Å². The number of carbonyl (C=O) groups excluding carboxylic acids is 1. The molecule has 0 unspecified atom stereocenters. The summed E-state index contributed by atoms with van der Waals surface area (Å²) in [6.07, 6.45) is 0. The summed E-state index contributed by atoms with van der Waals surface area (Å²) in [7, 11) is 0. The molecule has 0 radical (unpaired) electrons. The number of hydrogen-bond acceptors (Lipinski definition) is 5. The average molecular weight is 299 g/mol. The molecule has 1 aromatic carbocycles. The van der Waals surface area contributed by atoms with Crippen molar-refractivity contribution in [3.63, 3.8) is 0 Å². The van der Waals surface area contributed by atoms with Crippen molar-refractivity contribution in [2.75, 3.05) is 10.6 Å². The Labute approximate surface area is 116 Å². The Kier molecular flexibility index (Phi) is 3.93. The molecule has 0 saturated carbocycles. The molecule has 0 fully saturated rings. The molecule has 0 aliphatic heterocycles. The molecular weight excluding hydrogens is 292 g/mol. The third kappa shape index (κ3) is 3.18. The Morgan fingerprint density at radius 3 is 2.74 bits per heavy atom. The van der Waals surface area contributed by atoms with Crippen molar-refractivity contribution in [3.05, 3.63) is 34.3 Å². The van der Waals surface area contributed by atoms with Crippen molar-refractivity contribution in [3.8, 4) is 0 Å². The summed E-state index contributed by atoms with van der Waals surface area (Å²) in [5, 5.41) is 21.4. The lowest BCUT2D eigenvalue weighted by molar-refractivity contribution is 0.0698. The average Bonchev–Trinajstić information content (AvgIpc) is 2.81. The van der Waals surface area contributed by atoms with Crippen molar-refractivity contribution in [1.29, 1.82) is 0 Å². The maximum atomic E-state index is 11.6. The molecule has 0 aliphatic carbocycles. The van der Waals surface area contributed by atoms with Crippen LogP contribution in [0.3, 0.4) is 0 Å². The largest absolute Gasteiger partial charge is 0.478 e. The van der Waals surface area contributed by atoms with Gasteiger partial charge < -0.3 is 10.4 Å². The molecule has 19 heavy (non-hydrogen) atoms. The van der Waals surface area contributed by atoms with E-state index in [-0.39, 0.29) is 16.3 Å². The number of rotatable bonds is 3. The zero-order valence-electron chi connectivity index (χ0n) is 9.25. The summed E-state index contributed by atoms with van der Waals surface area (Å²) in [6, 6.07) is 3.78. The van der Waals surface area contributed by atoms with Crippen molar-refractivity contribution in [2.24, 2.45) is 0 Å². The summed E-state index contributed by atoms with van der Waals surface area (Å²) in [5.74, 6) is -1.23. The van der Waals surface area contributed by atoms with Gasteiger partial charge in [-0.05, 0) is 12.1 Å². The van der Waals surface area contributed by atoms with Crippen LogP contribution in [0.2, 0.25) is 5.02 Å². The first-order valence-electron chi connectivity index (χ1n) is 4.94. The van der Waals surface area contributed by atoms with Crippen LogP contribution in [0, 0.1) is 0 Å². The minimum absolute atomic E-state index is 0.0428. The van der Waals surface area contributed by atoms with Crippen molar-refractivity contribution >= 4 is 45.8 Å². The van der Waals surface area contributed by atoms with Crippen LogP contribution in [-0.4, -0.2) is 27.3 Å². The maximum Gasteiger partial charge on any atom is 0.339 e. The highest BCUT2D eigenvalue weighted by Gasteiger charge is 2.16. The van der Waals surface area contributed by atoms with Gasteiger partial charge in [0, 0.05) is 0 Å². The highest BCUT2D eigenvalue weighted by molar-refractivity contribution is 7.13. The Morgan fingerprint density at radius 1 is 1.32 bits per heavy atom. The molecule has 2 rings (SSSR count). The monoisotopic (exact) mass is 298 g/mol. The van der Waals surface area contributed by atoms with E-state index in [1.54, 1.807) is 0 Å². The van der Waals surface area contributed by atoms with Gasteiger partial charge in [0.15, 0.2) is 0 Å². The predicted octanol–water partition coefficient (Wildman–Crippen LogP) is 2.53. The van der Waals surface area contributed by atoms with Crippen molar-refractivity contribution in [1.82, 2.24) is 10.2 Å². The Bertz CT molecular complexity index is 617. The van der Waals surface area contributed by atoms with E-state index in [4.69, 9.17) is 16.7 Å². The number of urea groups is 1. The first-order valence-corrected chi connectivity index (χ1v) is 6.19. The Balaban J connectivity index is 2.17. The number of hydrogen-bond donors (Lipinski definition) is 3. The fraction of sp³-hybridized carbons (Fsp3) is 0. The number of halogens is 1. The van der Waals surface area contributed by atoms with Gasteiger partial charge in [0.1, 0.15) is 11.1 Å². The zero-order chi connectivity index (χ0) is 13.8. The van der Waals surface area contributed by atoms with E-state index in [1.165, 1.54) is 23.7 Å². The first-order chi connectivity index (χ1) is 9.08. The molecule has 0 saturated heterocycles. The first kappa shape index (κ1) is 13.2. The van der Waals surface area contributed by atoms with Crippen LogP contribution >= 0.6 is 22.9 Å². The van der Waals surface area contributed by atoms with Gasteiger partial charge in [-0.25, -0.2) is 9.59 Å². The van der Waals surface area contributed by atoms with Crippen LogP contribution in [0.4, 0.5) is 15.6 Å². The van der Waals surface area contributed by atoms with E-state index in [2.05, 4.69) is 20.8 Å². The second-order valence-corrected chi connectivity index (χ2v) is 4.53. The SMILES string of the molecule is O=C(Nc1nncs1)Nc1cccc(Cl)c1C(=O)O. The van der Waals surface area contributed by atoms with Gasteiger partial charge in [-0.15, -0.1) is 10.2 Å². The second-order valence-electron chi connectivity index (χ2n) is 3.29. The van der Waals surface area contributed by atoms with Crippen LogP contribution in [0.5, 0.6) is 0 Å². The summed E-state index contributed by atoms with van der Waals surface area (Å²) in [6.45, 7) is 0. The molecule has 0 spiro atoms. The number of amides is 2. The molecule has 98 valence electrons.